The van der Waals surface area contributed by atoms with Gasteiger partial charge in [-0.15, -0.1) is 0 Å². The van der Waals surface area contributed by atoms with E-state index in [1.54, 1.807) is 0 Å². The van der Waals surface area contributed by atoms with Gasteiger partial charge in [-0.2, -0.15) is 0 Å². The Morgan fingerprint density at radius 1 is 1.05 bits per heavy atom. The number of rotatable bonds is 4. The van der Waals surface area contributed by atoms with Crippen LogP contribution in [0.2, 0.25) is 0 Å². The maximum atomic E-state index is 4.68. The summed E-state index contributed by atoms with van der Waals surface area (Å²) in [4.78, 5) is 10.4. The van der Waals surface area contributed by atoms with Gasteiger partial charge in [0.15, 0.2) is 0 Å². The highest BCUT2D eigenvalue weighted by Gasteiger charge is 2.15. The van der Waals surface area contributed by atoms with Crippen LogP contribution in [0.15, 0.2) is 54.6 Å². The van der Waals surface area contributed by atoms with E-state index in [4.69, 9.17) is 0 Å². The molecular weight excluding hydrogens is 246 g/mol. The maximum absolute atomic E-state index is 4.68. The van der Waals surface area contributed by atoms with Crippen molar-refractivity contribution in [1.82, 2.24) is 14.9 Å². The van der Waals surface area contributed by atoms with Crippen molar-refractivity contribution in [2.75, 3.05) is 7.05 Å². The number of para-hydroxylation sites is 2. The van der Waals surface area contributed by atoms with E-state index in [2.05, 4.69) is 59.2 Å². The molecule has 0 aliphatic heterocycles. The second-order valence-corrected chi connectivity index (χ2v) is 5.22. The van der Waals surface area contributed by atoms with Crippen molar-refractivity contribution in [1.29, 1.82) is 0 Å². The molecule has 102 valence electrons. The molecule has 0 aliphatic rings. The number of aromatic amines is 1. The molecule has 0 spiro atoms. The first-order chi connectivity index (χ1) is 9.74. The van der Waals surface area contributed by atoms with E-state index in [-0.39, 0.29) is 6.04 Å². The first-order valence-electron chi connectivity index (χ1n) is 6.93. The normalized spacial score (nSPS) is 12.9. The van der Waals surface area contributed by atoms with E-state index in [0.29, 0.717) is 0 Å². The Morgan fingerprint density at radius 3 is 2.50 bits per heavy atom. The van der Waals surface area contributed by atoms with Gasteiger partial charge in [-0.05, 0) is 31.7 Å². The lowest BCUT2D eigenvalue weighted by Gasteiger charge is -2.23. The maximum Gasteiger partial charge on any atom is 0.124 e. The summed E-state index contributed by atoms with van der Waals surface area (Å²) in [6.07, 6.45) is 0. The summed E-state index contributed by atoms with van der Waals surface area (Å²) in [6, 6.07) is 18.9. The first kappa shape index (κ1) is 12.9. The average Bonchev–Trinajstić information content (AvgIpc) is 2.91. The largest absolute Gasteiger partial charge is 0.341 e. The summed E-state index contributed by atoms with van der Waals surface area (Å²) in [5.41, 5.74) is 3.45. The van der Waals surface area contributed by atoms with Crippen molar-refractivity contribution in [3.63, 3.8) is 0 Å². The Balaban J connectivity index is 1.79. The summed E-state index contributed by atoms with van der Waals surface area (Å²) in [7, 11) is 2.13. The molecule has 1 atom stereocenters. The molecule has 0 aliphatic carbocycles. The summed E-state index contributed by atoms with van der Waals surface area (Å²) >= 11 is 0. The molecular formula is C17H19N3. The quantitative estimate of drug-likeness (QED) is 0.779. The molecule has 0 radical (unpaired) electrons. The van der Waals surface area contributed by atoms with Gasteiger partial charge in [0, 0.05) is 6.54 Å². The van der Waals surface area contributed by atoms with Crippen LogP contribution >= 0.6 is 0 Å². The van der Waals surface area contributed by atoms with Gasteiger partial charge in [0.05, 0.1) is 17.1 Å². The predicted molar refractivity (Wildman–Crippen MR) is 82.4 cm³/mol. The topological polar surface area (TPSA) is 31.9 Å². The standard InChI is InChI=1S/C17H19N3/c1-13(20(2)12-14-8-4-3-5-9-14)17-18-15-10-6-7-11-16(15)19-17/h3-11,13H,12H2,1-2H3,(H,18,19). The monoisotopic (exact) mass is 265 g/mol. The fourth-order valence-electron chi connectivity index (χ4n) is 2.39. The minimum Gasteiger partial charge on any atom is -0.341 e. The molecule has 3 aromatic rings. The highest BCUT2D eigenvalue weighted by molar-refractivity contribution is 5.74. The molecule has 1 heterocycles. The Labute approximate surface area is 119 Å². The predicted octanol–water partition coefficient (Wildman–Crippen LogP) is 3.76. The molecule has 3 nitrogen and oxygen atoms in total. The fourth-order valence-corrected chi connectivity index (χ4v) is 2.39. The zero-order chi connectivity index (χ0) is 13.9. The number of aromatic nitrogens is 2. The van der Waals surface area contributed by atoms with Gasteiger partial charge in [0.25, 0.3) is 0 Å². The van der Waals surface area contributed by atoms with Gasteiger partial charge < -0.3 is 4.98 Å². The van der Waals surface area contributed by atoms with Crippen LogP contribution in [0.25, 0.3) is 11.0 Å². The smallest absolute Gasteiger partial charge is 0.124 e. The van der Waals surface area contributed by atoms with Crippen LogP contribution in [0.5, 0.6) is 0 Å². The summed E-state index contributed by atoms with van der Waals surface area (Å²) in [5.74, 6) is 1.02. The van der Waals surface area contributed by atoms with Crippen LogP contribution in [0, 0.1) is 0 Å². The SMILES string of the molecule is CC(c1nc2ccccc2[nH]1)N(C)Cc1ccccc1. The molecule has 3 heteroatoms. The highest BCUT2D eigenvalue weighted by Crippen LogP contribution is 2.21. The molecule has 1 unspecified atom stereocenters. The van der Waals surface area contributed by atoms with Crippen LogP contribution in [0.1, 0.15) is 24.4 Å². The number of nitrogens with one attached hydrogen (secondary N) is 1. The minimum absolute atomic E-state index is 0.252. The van der Waals surface area contributed by atoms with Crippen molar-refractivity contribution in [3.8, 4) is 0 Å². The zero-order valence-electron chi connectivity index (χ0n) is 11.9. The third-order valence-electron chi connectivity index (χ3n) is 3.74. The van der Waals surface area contributed by atoms with E-state index in [9.17, 15) is 0 Å². The number of nitrogens with zero attached hydrogens (tertiary/aromatic N) is 2. The number of imidazole rings is 1. The van der Waals surface area contributed by atoms with Gasteiger partial charge in [0.2, 0.25) is 0 Å². The van der Waals surface area contributed by atoms with E-state index < -0.39 is 0 Å². The van der Waals surface area contributed by atoms with Crippen LogP contribution < -0.4 is 0 Å². The second kappa shape index (κ2) is 5.47. The van der Waals surface area contributed by atoms with Gasteiger partial charge in [-0.3, -0.25) is 4.90 Å². The van der Waals surface area contributed by atoms with Gasteiger partial charge in [-0.25, -0.2) is 4.98 Å². The lowest BCUT2D eigenvalue weighted by molar-refractivity contribution is 0.245. The molecule has 3 rings (SSSR count). The highest BCUT2D eigenvalue weighted by atomic mass is 15.2. The van der Waals surface area contributed by atoms with E-state index in [1.165, 1.54) is 5.56 Å². The van der Waals surface area contributed by atoms with Crippen molar-refractivity contribution >= 4 is 11.0 Å². The zero-order valence-corrected chi connectivity index (χ0v) is 11.9. The molecule has 0 amide bonds. The molecule has 20 heavy (non-hydrogen) atoms. The lowest BCUT2D eigenvalue weighted by Crippen LogP contribution is -2.22. The third-order valence-corrected chi connectivity index (χ3v) is 3.74. The number of H-pyrrole nitrogens is 1. The Bertz CT molecular complexity index is 655. The van der Waals surface area contributed by atoms with E-state index in [0.717, 1.165) is 23.4 Å². The summed E-state index contributed by atoms with van der Waals surface area (Å²) in [6.45, 7) is 3.10. The second-order valence-electron chi connectivity index (χ2n) is 5.22. The van der Waals surface area contributed by atoms with Crippen molar-refractivity contribution in [3.05, 3.63) is 66.0 Å². The molecule has 1 aromatic heterocycles. The molecule has 0 fully saturated rings. The lowest BCUT2D eigenvalue weighted by atomic mass is 10.2. The number of fused-ring (bicyclic) bond motifs is 1. The van der Waals surface area contributed by atoms with Gasteiger partial charge in [-0.1, -0.05) is 42.5 Å². The number of hydrogen-bond donors (Lipinski definition) is 1. The van der Waals surface area contributed by atoms with Crippen LogP contribution in [-0.2, 0) is 6.54 Å². The van der Waals surface area contributed by atoms with Crippen LogP contribution in [0.4, 0.5) is 0 Å². The number of benzene rings is 2. The number of hydrogen-bond acceptors (Lipinski definition) is 2. The first-order valence-corrected chi connectivity index (χ1v) is 6.93. The fraction of sp³-hybridized carbons (Fsp3) is 0.235. The van der Waals surface area contributed by atoms with Crippen molar-refractivity contribution in [2.45, 2.75) is 19.5 Å². The van der Waals surface area contributed by atoms with Crippen LogP contribution in [0.3, 0.4) is 0 Å². The van der Waals surface area contributed by atoms with Gasteiger partial charge in [0.1, 0.15) is 5.82 Å². The molecule has 0 bridgehead atoms. The average molecular weight is 265 g/mol. The molecule has 0 saturated carbocycles. The Kier molecular flexibility index (Phi) is 3.52. The third kappa shape index (κ3) is 2.58. The van der Waals surface area contributed by atoms with Crippen LogP contribution in [-0.4, -0.2) is 21.9 Å². The van der Waals surface area contributed by atoms with Gasteiger partial charge >= 0.3 is 0 Å². The Morgan fingerprint density at radius 2 is 1.75 bits per heavy atom. The Hall–Kier alpha value is -2.13. The molecule has 2 aromatic carbocycles. The van der Waals surface area contributed by atoms with Crippen molar-refractivity contribution in [2.24, 2.45) is 0 Å². The van der Waals surface area contributed by atoms with E-state index in [1.807, 2.05) is 24.3 Å². The summed E-state index contributed by atoms with van der Waals surface area (Å²) in [5, 5.41) is 0. The van der Waals surface area contributed by atoms with E-state index >= 15 is 0 Å². The van der Waals surface area contributed by atoms with Crippen molar-refractivity contribution < 1.29 is 0 Å². The molecule has 0 saturated heterocycles. The summed E-state index contributed by atoms with van der Waals surface area (Å²) < 4.78 is 0. The minimum atomic E-state index is 0.252. The molecule has 1 N–H and O–H groups in total.